The van der Waals surface area contributed by atoms with Crippen LogP contribution in [0.5, 0.6) is 0 Å². The Morgan fingerprint density at radius 2 is 1.86 bits per heavy atom. The van der Waals surface area contributed by atoms with Crippen LogP contribution in [-0.2, 0) is 4.79 Å². The number of para-hydroxylation sites is 1. The van der Waals surface area contributed by atoms with Gasteiger partial charge in [0.15, 0.2) is 0 Å². The summed E-state index contributed by atoms with van der Waals surface area (Å²) in [4.78, 5) is 14.1. The van der Waals surface area contributed by atoms with Gasteiger partial charge >= 0.3 is 0 Å². The van der Waals surface area contributed by atoms with Gasteiger partial charge in [-0.05, 0) is 37.3 Å². The zero-order valence-corrected chi connectivity index (χ0v) is 13.9. The molecular formula is C17H18Cl2N2O. The first-order chi connectivity index (χ1) is 10.6. The lowest BCUT2D eigenvalue weighted by Crippen LogP contribution is -2.31. The van der Waals surface area contributed by atoms with E-state index in [9.17, 15) is 4.79 Å². The minimum atomic E-state index is 0.0753. The van der Waals surface area contributed by atoms with E-state index in [-0.39, 0.29) is 5.91 Å². The van der Waals surface area contributed by atoms with E-state index in [1.807, 2.05) is 43.3 Å². The molecule has 0 saturated carbocycles. The molecule has 0 radical (unpaired) electrons. The summed E-state index contributed by atoms with van der Waals surface area (Å²) in [6, 6.07) is 14.9. The molecule has 0 heterocycles. The van der Waals surface area contributed by atoms with Gasteiger partial charge in [0.25, 0.3) is 0 Å². The second-order valence-corrected chi connectivity index (χ2v) is 5.62. The molecule has 5 heteroatoms. The molecule has 2 rings (SSSR count). The van der Waals surface area contributed by atoms with Gasteiger partial charge in [0.2, 0.25) is 5.91 Å². The van der Waals surface area contributed by atoms with Crippen molar-refractivity contribution in [2.24, 2.45) is 0 Å². The van der Waals surface area contributed by atoms with Gasteiger partial charge in [-0.3, -0.25) is 4.79 Å². The largest absolute Gasteiger partial charge is 0.383 e. The molecule has 0 unspecified atom stereocenters. The van der Waals surface area contributed by atoms with Crippen LogP contribution in [0.1, 0.15) is 13.3 Å². The number of nitrogens with one attached hydrogen (secondary N) is 1. The first-order valence-corrected chi connectivity index (χ1v) is 7.91. The minimum absolute atomic E-state index is 0.0753. The average molecular weight is 337 g/mol. The van der Waals surface area contributed by atoms with Crippen LogP contribution in [0.25, 0.3) is 0 Å². The zero-order chi connectivity index (χ0) is 15.9. The molecule has 116 valence electrons. The van der Waals surface area contributed by atoms with Crippen molar-refractivity contribution in [1.29, 1.82) is 0 Å². The number of benzene rings is 2. The van der Waals surface area contributed by atoms with Crippen LogP contribution >= 0.6 is 23.2 Å². The molecule has 0 aliphatic carbocycles. The van der Waals surface area contributed by atoms with Crippen molar-refractivity contribution in [3.8, 4) is 0 Å². The van der Waals surface area contributed by atoms with Crippen molar-refractivity contribution in [2.45, 2.75) is 13.3 Å². The van der Waals surface area contributed by atoms with Gasteiger partial charge in [-0.15, -0.1) is 0 Å². The van der Waals surface area contributed by atoms with Crippen LogP contribution in [0.4, 0.5) is 11.4 Å². The number of hydrogen-bond donors (Lipinski definition) is 1. The van der Waals surface area contributed by atoms with E-state index in [2.05, 4.69) is 5.32 Å². The van der Waals surface area contributed by atoms with E-state index in [0.717, 1.165) is 11.4 Å². The highest BCUT2D eigenvalue weighted by Crippen LogP contribution is 2.25. The number of carbonyl (C=O) groups excluding carboxylic acids is 1. The number of rotatable bonds is 6. The SMILES string of the molecule is CCN(C(=O)CCNc1ccc(Cl)cc1Cl)c1ccccc1. The summed E-state index contributed by atoms with van der Waals surface area (Å²) < 4.78 is 0. The Balaban J connectivity index is 1.92. The third-order valence-corrected chi connectivity index (χ3v) is 3.82. The van der Waals surface area contributed by atoms with Gasteiger partial charge in [-0.25, -0.2) is 0 Å². The quantitative estimate of drug-likeness (QED) is 0.817. The lowest BCUT2D eigenvalue weighted by molar-refractivity contribution is -0.118. The Morgan fingerprint density at radius 1 is 1.14 bits per heavy atom. The van der Waals surface area contributed by atoms with E-state index in [0.29, 0.717) is 29.6 Å². The standard InChI is InChI=1S/C17H18Cl2N2O/c1-2-21(14-6-4-3-5-7-14)17(22)10-11-20-16-9-8-13(18)12-15(16)19/h3-9,12,20H,2,10-11H2,1H3. The first-order valence-electron chi connectivity index (χ1n) is 7.16. The van der Waals surface area contributed by atoms with Gasteiger partial charge in [0.1, 0.15) is 0 Å². The molecule has 0 aliphatic heterocycles. The average Bonchev–Trinajstić information content (AvgIpc) is 2.51. The Morgan fingerprint density at radius 3 is 2.50 bits per heavy atom. The second kappa shape index (κ2) is 8.06. The lowest BCUT2D eigenvalue weighted by atomic mass is 10.2. The molecule has 2 aromatic carbocycles. The molecule has 22 heavy (non-hydrogen) atoms. The normalized spacial score (nSPS) is 10.3. The van der Waals surface area contributed by atoms with Crippen molar-refractivity contribution >= 4 is 40.5 Å². The molecule has 1 N–H and O–H groups in total. The topological polar surface area (TPSA) is 32.3 Å². The maximum Gasteiger partial charge on any atom is 0.228 e. The number of halogens is 2. The number of hydrogen-bond acceptors (Lipinski definition) is 2. The summed E-state index contributed by atoms with van der Waals surface area (Å²) in [5, 5.41) is 4.31. The molecule has 0 aromatic heterocycles. The van der Waals surface area contributed by atoms with Crippen LogP contribution in [0, 0.1) is 0 Å². The van der Waals surface area contributed by atoms with Crippen LogP contribution in [0.2, 0.25) is 10.0 Å². The molecule has 0 spiro atoms. The van der Waals surface area contributed by atoms with Crippen LogP contribution < -0.4 is 10.2 Å². The number of nitrogens with zero attached hydrogens (tertiary/aromatic N) is 1. The van der Waals surface area contributed by atoms with Crippen LogP contribution in [0.3, 0.4) is 0 Å². The smallest absolute Gasteiger partial charge is 0.228 e. The zero-order valence-electron chi connectivity index (χ0n) is 12.4. The van der Waals surface area contributed by atoms with Crippen LogP contribution in [0.15, 0.2) is 48.5 Å². The molecule has 0 aliphatic rings. The summed E-state index contributed by atoms with van der Waals surface area (Å²) in [5.41, 5.74) is 1.70. The molecule has 2 aromatic rings. The van der Waals surface area contributed by atoms with E-state index >= 15 is 0 Å². The Labute approximate surface area is 140 Å². The summed E-state index contributed by atoms with van der Waals surface area (Å²) in [6.07, 6.45) is 0.391. The third kappa shape index (κ3) is 4.39. The highest BCUT2D eigenvalue weighted by atomic mass is 35.5. The minimum Gasteiger partial charge on any atom is -0.383 e. The van der Waals surface area contributed by atoms with Gasteiger partial charge in [-0.1, -0.05) is 41.4 Å². The van der Waals surface area contributed by atoms with Gasteiger partial charge in [0.05, 0.1) is 10.7 Å². The maximum absolute atomic E-state index is 12.3. The van der Waals surface area contributed by atoms with Crippen molar-refractivity contribution in [2.75, 3.05) is 23.3 Å². The van der Waals surface area contributed by atoms with Gasteiger partial charge in [-0.2, -0.15) is 0 Å². The summed E-state index contributed by atoms with van der Waals surface area (Å²) in [7, 11) is 0. The summed E-state index contributed by atoms with van der Waals surface area (Å²) in [5.74, 6) is 0.0753. The Kier molecular flexibility index (Phi) is 6.10. The lowest BCUT2D eigenvalue weighted by Gasteiger charge is -2.21. The fourth-order valence-electron chi connectivity index (χ4n) is 2.18. The predicted molar refractivity (Wildman–Crippen MR) is 94.0 cm³/mol. The number of carbonyl (C=O) groups is 1. The van der Waals surface area contributed by atoms with Gasteiger partial charge < -0.3 is 10.2 Å². The molecule has 0 saturated heterocycles. The number of amides is 1. The second-order valence-electron chi connectivity index (χ2n) is 4.77. The van der Waals surface area contributed by atoms with E-state index in [1.54, 1.807) is 17.0 Å². The van der Waals surface area contributed by atoms with Crippen molar-refractivity contribution in [1.82, 2.24) is 0 Å². The molecule has 1 amide bonds. The third-order valence-electron chi connectivity index (χ3n) is 3.27. The van der Waals surface area contributed by atoms with Crippen molar-refractivity contribution < 1.29 is 4.79 Å². The van der Waals surface area contributed by atoms with E-state index in [1.165, 1.54) is 0 Å². The maximum atomic E-state index is 12.3. The summed E-state index contributed by atoms with van der Waals surface area (Å²) >= 11 is 11.9. The molecule has 3 nitrogen and oxygen atoms in total. The summed E-state index contributed by atoms with van der Waals surface area (Å²) in [6.45, 7) is 3.13. The highest BCUT2D eigenvalue weighted by molar-refractivity contribution is 6.36. The number of anilines is 2. The fourth-order valence-corrected chi connectivity index (χ4v) is 2.66. The Bertz CT molecular complexity index is 632. The fraction of sp³-hybridized carbons (Fsp3) is 0.235. The molecular weight excluding hydrogens is 319 g/mol. The predicted octanol–water partition coefficient (Wildman–Crippen LogP) is 4.85. The molecule has 0 fully saturated rings. The molecule has 0 bridgehead atoms. The van der Waals surface area contributed by atoms with Gasteiger partial charge in [0, 0.05) is 30.2 Å². The Hall–Kier alpha value is -1.71. The van der Waals surface area contributed by atoms with E-state index < -0.39 is 0 Å². The van der Waals surface area contributed by atoms with Crippen molar-refractivity contribution in [3.05, 3.63) is 58.6 Å². The molecule has 0 atom stereocenters. The highest BCUT2D eigenvalue weighted by Gasteiger charge is 2.13. The van der Waals surface area contributed by atoms with Crippen LogP contribution in [-0.4, -0.2) is 19.0 Å². The first kappa shape index (κ1) is 16.7. The van der Waals surface area contributed by atoms with E-state index in [4.69, 9.17) is 23.2 Å². The van der Waals surface area contributed by atoms with Crippen molar-refractivity contribution in [3.63, 3.8) is 0 Å². The monoisotopic (exact) mass is 336 g/mol.